The fourth-order valence-corrected chi connectivity index (χ4v) is 0.714. The van der Waals surface area contributed by atoms with Gasteiger partial charge in [-0.25, -0.2) is 0 Å². The summed E-state index contributed by atoms with van der Waals surface area (Å²) in [5, 5.41) is 4.72. The van der Waals surface area contributed by atoms with Crippen molar-refractivity contribution >= 4 is 5.91 Å². The van der Waals surface area contributed by atoms with E-state index in [9.17, 15) is 18.0 Å². The van der Waals surface area contributed by atoms with Crippen LogP contribution in [0.5, 0.6) is 0 Å². The van der Waals surface area contributed by atoms with Crippen LogP contribution in [-0.4, -0.2) is 30.7 Å². The van der Waals surface area contributed by atoms with E-state index in [1.165, 1.54) is 0 Å². The molecular formula is C8H15F3N2O. The monoisotopic (exact) mass is 212 g/mol. The zero-order chi connectivity index (χ0) is 11.4. The smallest absolute Gasteiger partial charge is 0.347 e. The molecule has 0 aromatic heterocycles. The Morgan fingerprint density at radius 2 is 1.64 bits per heavy atom. The highest BCUT2D eigenvalue weighted by Crippen LogP contribution is 2.13. The van der Waals surface area contributed by atoms with Gasteiger partial charge in [0, 0.05) is 18.6 Å². The second kappa shape index (κ2) is 4.63. The van der Waals surface area contributed by atoms with E-state index >= 15 is 0 Å². The number of carbonyl (C=O) groups excluding carboxylic acids is 1. The predicted octanol–water partition coefficient (Wildman–Crippen LogP) is 1.05. The average Bonchev–Trinajstić information content (AvgIpc) is 1.93. The van der Waals surface area contributed by atoms with Crippen LogP contribution >= 0.6 is 0 Å². The number of hydrogen-bond donors (Lipinski definition) is 2. The lowest BCUT2D eigenvalue weighted by molar-refractivity contribution is -0.173. The van der Waals surface area contributed by atoms with Gasteiger partial charge in [-0.15, -0.1) is 0 Å². The summed E-state index contributed by atoms with van der Waals surface area (Å²) in [6.07, 6.45) is -4.79. The summed E-state index contributed by atoms with van der Waals surface area (Å²) in [7, 11) is 0. The molecular weight excluding hydrogens is 197 g/mol. The molecule has 0 aromatic carbocycles. The van der Waals surface area contributed by atoms with Crippen molar-refractivity contribution in [3.8, 4) is 0 Å². The van der Waals surface area contributed by atoms with Crippen molar-refractivity contribution in [2.45, 2.75) is 32.5 Å². The Hall–Kier alpha value is -0.780. The van der Waals surface area contributed by atoms with Crippen molar-refractivity contribution in [3.63, 3.8) is 0 Å². The molecule has 1 amide bonds. The maximum Gasteiger partial charge on any atom is 0.471 e. The first-order chi connectivity index (χ1) is 6.13. The van der Waals surface area contributed by atoms with E-state index in [1.807, 2.05) is 20.8 Å². The topological polar surface area (TPSA) is 41.1 Å². The second-order valence-electron chi connectivity index (χ2n) is 3.93. The summed E-state index contributed by atoms with van der Waals surface area (Å²) in [6.45, 7) is 5.94. The summed E-state index contributed by atoms with van der Waals surface area (Å²) in [6, 6.07) is 0. The number of alkyl halides is 3. The van der Waals surface area contributed by atoms with E-state index in [2.05, 4.69) is 5.32 Å². The molecule has 84 valence electrons. The summed E-state index contributed by atoms with van der Waals surface area (Å²) in [5.41, 5.74) is -0.164. The number of carbonyl (C=O) groups is 1. The van der Waals surface area contributed by atoms with Crippen LogP contribution in [0.1, 0.15) is 20.8 Å². The van der Waals surface area contributed by atoms with Gasteiger partial charge in [-0.1, -0.05) is 0 Å². The van der Waals surface area contributed by atoms with Gasteiger partial charge in [0.1, 0.15) is 0 Å². The maximum atomic E-state index is 11.7. The summed E-state index contributed by atoms with van der Waals surface area (Å²) >= 11 is 0. The molecule has 0 aliphatic carbocycles. The predicted molar refractivity (Wildman–Crippen MR) is 46.8 cm³/mol. The number of rotatable bonds is 3. The van der Waals surface area contributed by atoms with Crippen LogP contribution in [0.4, 0.5) is 13.2 Å². The Morgan fingerprint density at radius 3 is 2.00 bits per heavy atom. The SMILES string of the molecule is CC(C)(C)NCCNC(=O)C(F)(F)F. The molecule has 0 bridgehead atoms. The number of amides is 1. The van der Waals surface area contributed by atoms with E-state index in [-0.39, 0.29) is 12.1 Å². The molecule has 0 heterocycles. The molecule has 2 N–H and O–H groups in total. The number of nitrogens with one attached hydrogen (secondary N) is 2. The van der Waals surface area contributed by atoms with Crippen LogP contribution in [0.25, 0.3) is 0 Å². The Bertz CT molecular complexity index is 196. The molecule has 0 radical (unpaired) electrons. The van der Waals surface area contributed by atoms with Crippen LogP contribution in [0.2, 0.25) is 0 Å². The van der Waals surface area contributed by atoms with Gasteiger partial charge in [0.05, 0.1) is 0 Å². The van der Waals surface area contributed by atoms with E-state index in [0.717, 1.165) is 0 Å². The average molecular weight is 212 g/mol. The minimum Gasteiger partial charge on any atom is -0.347 e. The highest BCUT2D eigenvalue weighted by Gasteiger charge is 2.38. The summed E-state index contributed by atoms with van der Waals surface area (Å²) in [4.78, 5) is 10.3. The van der Waals surface area contributed by atoms with Gasteiger partial charge in [-0.3, -0.25) is 4.79 Å². The fourth-order valence-electron chi connectivity index (χ4n) is 0.714. The van der Waals surface area contributed by atoms with Crippen molar-refractivity contribution in [2.75, 3.05) is 13.1 Å². The van der Waals surface area contributed by atoms with E-state index < -0.39 is 12.1 Å². The lowest BCUT2D eigenvalue weighted by Gasteiger charge is -2.20. The van der Waals surface area contributed by atoms with Gasteiger partial charge in [-0.05, 0) is 20.8 Å². The minimum absolute atomic E-state index is 0.0321. The first kappa shape index (κ1) is 13.2. The fraction of sp³-hybridized carbons (Fsp3) is 0.875. The zero-order valence-electron chi connectivity index (χ0n) is 8.46. The normalized spacial score (nSPS) is 12.7. The molecule has 0 aliphatic heterocycles. The molecule has 6 heteroatoms. The molecule has 0 saturated carbocycles. The van der Waals surface area contributed by atoms with Gasteiger partial charge in [0.25, 0.3) is 0 Å². The molecule has 14 heavy (non-hydrogen) atoms. The Labute approximate surface area is 81.1 Å². The Morgan fingerprint density at radius 1 is 1.14 bits per heavy atom. The van der Waals surface area contributed by atoms with Crippen LogP contribution in [0.15, 0.2) is 0 Å². The van der Waals surface area contributed by atoms with Gasteiger partial charge >= 0.3 is 12.1 Å². The first-order valence-corrected chi connectivity index (χ1v) is 4.23. The largest absolute Gasteiger partial charge is 0.471 e. The first-order valence-electron chi connectivity index (χ1n) is 4.23. The van der Waals surface area contributed by atoms with E-state index in [0.29, 0.717) is 6.54 Å². The van der Waals surface area contributed by atoms with Crippen LogP contribution in [0.3, 0.4) is 0 Å². The van der Waals surface area contributed by atoms with Crippen molar-refractivity contribution in [1.82, 2.24) is 10.6 Å². The third kappa shape index (κ3) is 6.71. The van der Waals surface area contributed by atoms with Crippen LogP contribution < -0.4 is 10.6 Å². The van der Waals surface area contributed by atoms with Crippen molar-refractivity contribution < 1.29 is 18.0 Å². The summed E-state index contributed by atoms with van der Waals surface area (Å²) < 4.78 is 35.0. The number of hydrogen-bond acceptors (Lipinski definition) is 2. The molecule has 0 rings (SSSR count). The lowest BCUT2D eigenvalue weighted by atomic mass is 10.1. The van der Waals surface area contributed by atoms with E-state index in [4.69, 9.17) is 0 Å². The lowest BCUT2D eigenvalue weighted by Crippen LogP contribution is -2.44. The molecule has 3 nitrogen and oxygen atoms in total. The van der Waals surface area contributed by atoms with Gasteiger partial charge in [0.15, 0.2) is 0 Å². The van der Waals surface area contributed by atoms with Gasteiger partial charge in [0.2, 0.25) is 0 Å². The minimum atomic E-state index is -4.79. The van der Waals surface area contributed by atoms with Crippen molar-refractivity contribution in [2.24, 2.45) is 0 Å². The third-order valence-corrected chi connectivity index (χ3v) is 1.32. The Kier molecular flexibility index (Phi) is 4.38. The Balaban J connectivity index is 3.62. The zero-order valence-corrected chi connectivity index (χ0v) is 8.46. The third-order valence-electron chi connectivity index (χ3n) is 1.32. The van der Waals surface area contributed by atoms with Gasteiger partial charge in [-0.2, -0.15) is 13.2 Å². The standard InChI is InChI=1S/C8H15F3N2O/c1-7(2,3)13-5-4-12-6(14)8(9,10)11/h13H,4-5H2,1-3H3,(H,12,14). The molecule has 0 unspecified atom stereocenters. The summed E-state index contributed by atoms with van der Waals surface area (Å²) in [5.74, 6) is -1.90. The van der Waals surface area contributed by atoms with Crippen molar-refractivity contribution in [3.05, 3.63) is 0 Å². The molecule has 0 fully saturated rings. The van der Waals surface area contributed by atoms with Crippen LogP contribution in [0, 0.1) is 0 Å². The van der Waals surface area contributed by atoms with E-state index in [1.54, 1.807) is 5.32 Å². The molecule has 0 aliphatic rings. The number of halogens is 3. The highest BCUT2D eigenvalue weighted by atomic mass is 19.4. The maximum absolute atomic E-state index is 11.7. The molecule has 0 spiro atoms. The second-order valence-corrected chi connectivity index (χ2v) is 3.93. The molecule has 0 saturated heterocycles. The quantitative estimate of drug-likeness (QED) is 0.687. The van der Waals surface area contributed by atoms with Crippen molar-refractivity contribution in [1.29, 1.82) is 0 Å². The highest BCUT2D eigenvalue weighted by molar-refractivity contribution is 5.81. The molecule has 0 aromatic rings. The van der Waals surface area contributed by atoms with Gasteiger partial charge < -0.3 is 10.6 Å². The molecule has 0 atom stereocenters. The van der Waals surface area contributed by atoms with Crippen LogP contribution in [-0.2, 0) is 4.79 Å².